The Morgan fingerprint density at radius 3 is 2.63 bits per heavy atom. The van der Waals surface area contributed by atoms with Crippen molar-refractivity contribution in [2.45, 2.75) is 37.3 Å². The van der Waals surface area contributed by atoms with E-state index in [9.17, 15) is 25.4 Å². The molecule has 30 heavy (non-hydrogen) atoms. The summed E-state index contributed by atoms with van der Waals surface area (Å²) in [5.74, 6) is 0.326. The summed E-state index contributed by atoms with van der Waals surface area (Å²) in [5.41, 5.74) is 7.24. The van der Waals surface area contributed by atoms with E-state index in [1.165, 1.54) is 34.4 Å². The van der Waals surface area contributed by atoms with Crippen LogP contribution in [0.4, 0.5) is 11.5 Å². The van der Waals surface area contributed by atoms with Crippen molar-refractivity contribution in [3.05, 3.63) is 52.0 Å². The fourth-order valence-electron chi connectivity index (χ4n) is 3.29. The number of imidazole rings is 1. The molecular weight excluding hydrogens is 400 g/mol. The van der Waals surface area contributed by atoms with E-state index < -0.39 is 42.2 Å². The molecule has 0 radical (unpaired) electrons. The highest BCUT2D eigenvalue weighted by Crippen LogP contribution is 2.37. The van der Waals surface area contributed by atoms with E-state index >= 15 is 0 Å². The van der Waals surface area contributed by atoms with Crippen LogP contribution in [0, 0.1) is 10.1 Å². The molecule has 2 aromatic rings. The van der Waals surface area contributed by atoms with Crippen LogP contribution >= 0.6 is 0 Å². The largest absolute Gasteiger partial charge is 0.394 e. The quantitative estimate of drug-likeness (QED) is 0.350. The first-order chi connectivity index (χ1) is 14.4. The maximum atomic E-state index is 10.7. The van der Waals surface area contributed by atoms with Gasteiger partial charge in [0.15, 0.2) is 18.2 Å². The van der Waals surface area contributed by atoms with Gasteiger partial charge >= 0.3 is 0 Å². The maximum Gasteiger partial charge on any atom is 0.269 e. The summed E-state index contributed by atoms with van der Waals surface area (Å²) in [7, 11) is 0. The van der Waals surface area contributed by atoms with Crippen LogP contribution < -0.4 is 5.73 Å². The number of aliphatic imine (C=N–C) groups is 1. The molecule has 0 bridgehead atoms. The van der Waals surface area contributed by atoms with Crippen molar-refractivity contribution in [2.75, 3.05) is 6.61 Å². The van der Waals surface area contributed by atoms with Crippen molar-refractivity contribution in [1.82, 2.24) is 14.6 Å². The number of aliphatic hydroxyl groups excluding tert-OH is 3. The standard InChI is InChI=1S/C17H20N6O7/c18-15-12-16(21(7-19-12)17-14(26)13(25)11(5-24)30-17)20-8-22(15)29-6-9-1-3-10(4-2-9)23(27)28/h1-4,7-8,11,13-15,17,24-26H,5-6,18H2/t11-,13?,14?,15?,17-/m1/s1. The lowest BCUT2D eigenvalue weighted by Gasteiger charge is -2.28. The number of hydrogen-bond acceptors (Lipinski definition) is 11. The summed E-state index contributed by atoms with van der Waals surface area (Å²) in [4.78, 5) is 24.4. The van der Waals surface area contributed by atoms with Crippen LogP contribution in [0.3, 0.4) is 0 Å². The second-order valence-corrected chi connectivity index (χ2v) is 6.84. The Balaban J connectivity index is 1.46. The monoisotopic (exact) mass is 420 g/mol. The van der Waals surface area contributed by atoms with Crippen molar-refractivity contribution in [1.29, 1.82) is 0 Å². The van der Waals surface area contributed by atoms with Gasteiger partial charge in [-0.15, -0.1) is 0 Å². The Bertz CT molecular complexity index is 949. The second kappa shape index (κ2) is 8.06. The minimum Gasteiger partial charge on any atom is -0.394 e. The van der Waals surface area contributed by atoms with Crippen molar-refractivity contribution in [2.24, 2.45) is 10.7 Å². The molecule has 1 aromatic heterocycles. The number of aromatic nitrogens is 2. The van der Waals surface area contributed by atoms with Crippen LogP contribution in [-0.2, 0) is 16.2 Å². The zero-order chi connectivity index (χ0) is 21.4. The number of benzene rings is 1. The topological polar surface area (TPSA) is 182 Å². The van der Waals surface area contributed by atoms with Gasteiger partial charge in [0.2, 0.25) is 0 Å². The minimum absolute atomic E-state index is 0.0185. The lowest BCUT2D eigenvalue weighted by molar-refractivity contribution is -0.384. The first-order valence-electron chi connectivity index (χ1n) is 9.04. The molecule has 1 fully saturated rings. The van der Waals surface area contributed by atoms with E-state index in [1.54, 1.807) is 12.1 Å². The highest BCUT2D eigenvalue weighted by atomic mass is 16.7. The van der Waals surface area contributed by atoms with Crippen molar-refractivity contribution >= 4 is 17.8 Å². The van der Waals surface area contributed by atoms with E-state index in [4.69, 9.17) is 15.3 Å². The number of fused-ring (bicyclic) bond motifs is 1. The van der Waals surface area contributed by atoms with Crippen LogP contribution in [0.25, 0.3) is 0 Å². The molecule has 1 saturated heterocycles. The molecule has 0 amide bonds. The first-order valence-corrected chi connectivity index (χ1v) is 9.04. The van der Waals surface area contributed by atoms with Gasteiger partial charge in [-0.3, -0.25) is 19.5 Å². The van der Waals surface area contributed by atoms with Gasteiger partial charge in [0.25, 0.3) is 5.69 Å². The van der Waals surface area contributed by atoms with E-state index in [-0.39, 0.29) is 12.3 Å². The smallest absolute Gasteiger partial charge is 0.269 e. The van der Waals surface area contributed by atoms with Crippen molar-refractivity contribution in [3.63, 3.8) is 0 Å². The summed E-state index contributed by atoms with van der Waals surface area (Å²) < 4.78 is 6.94. The van der Waals surface area contributed by atoms with Crippen LogP contribution in [-0.4, -0.2) is 66.1 Å². The lowest BCUT2D eigenvalue weighted by atomic mass is 10.1. The predicted molar refractivity (Wildman–Crippen MR) is 100 cm³/mol. The summed E-state index contributed by atoms with van der Waals surface area (Å²) in [6, 6.07) is 5.91. The van der Waals surface area contributed by atoms with Crippen LogP contribution in [0.2, 0.25) is 0 Å². The van der Waals surface area contributed by atoms with Crippen LogP contribution in [0.15, 0.2) is 35.6 Å². The number of hydrogen-bond donors (Lipinski definition) is 4. The molecule has 3 heterocycles. The SMILES string of the molecule is NC1c2ncn([C@@H]3O[C@H](CO)C(O)C3O)c2N=CN1OCc1ccc([N+](=O)[O-])cc1. The van der Waals surface area contributed by atoms with Gasteiger partial charge in [-0.1, -0.05) is 0 Å². The van der Waals surface area contributed by atoms with E-state index in [1.807, 2.05) is 0 Å². The van der Waals surface area contributed by atoms with Gasteiger partial charge in [-0.25, -0.2) is 15.0 Å². The Labute approximate surface area is 169 Å². The molecule has 3 unspecified atom stereocenters. The van der Waals surface area contributed by atoms with Gasteiger partial charge in [0, 0.05) is 12.1 Å². The fourth-order valence-corrected chi connectivity index (χ4v) is 3.29. The Morgan fingerprint density at radius 1 is 1.27 bits per heavy atom. The van der Waals surface area contributed by atoms with Crippen molar-refractivity contribution < 1.29 is 29.8 Å². The molecule has 4 rings (SSSR count). The number of rotatable bonds is 6. The number of nitrogens with zero attached hydrogens (tertiary/aromatic N) is 5. The molecule has 0 saturated carbocycles. The third-order valence-corrected chi connectivity index (χ3v) is 4.96. The molecular formula is C17H20N6O7. The predicted octanol–water partition coefficient (Wildman–Crippen LogP) is -0.533. The lowest BCUT2D eigenvalue weighted by Crippen LogP contribution is -2.36. The molecule has 2 aliphatic rings. The first kappa shape index (κ1) is 20.3. The zero-order valence-corrected chi connectivity index (χ0v) is 15.6. The van der Waals surface area contributed by atoms with E-state index in [2.05, 4.69) is 9.98 Å². The third kappa shape index (κ3) is 3.54. The van der Waals surface area contributed by atoms with Gasteiger partial charge < -0.3 is 25.8 Å². The summed E-state index contributed by atoms with van der Waals surface area (Å²) in [6.07, 6.45) is -2.52. The number of nitrogens with two attached hydrogens (primary N) is 1. The number of ether oxygens (including phenoxy) is 1. The molecule has 0 aliphatic carbocycles. The highest BCUT2D eigenvalue weighted by Gasteiger charge is 2.44. The number of nitro groups is 1. The molecule has 13 heteroatoms. The molecule has 13 nitrogen and oxygen atoms in total. The van der Waals surface area contributed by atoms with Gasteiger partial charge in [-0.2, -0.15) is 0 Å². The Hall–Kier alpha value is -2.94. The molecule has 5 N–H and O–H groups in total. The number of aliphatic hydroxyl groups is 3. The Morgan fingerprint density at radius 2 is 2.00 bits per heavy atom. The molecule has 5 atom stereocenters. The average molecular weight is 420 g/mol. The molecule has 1 aromatic carbocycles. The van der Waals surface area contributed by atoms with E-state index in [0.717, 1.165) is 0 Å². The fraction of sp³-hybridized carbons (Fsp3) is 0.412. The molecule has 0 spiro atoms. The van der Waals surface area contributed by atoms with E-state index in [0.29, 0.717) is 17.1 Å². The normalized spacial score (nSPS) is 28.0. The zero-order valence-electron chi connectivity index (χ0n) is 15.6. The number of nitro benzene ring substituents is 1. The van der Waals surface area contributed by atoms with Gasteiger partial charge in [-0.05, 0) is 17.7 Å². The van der Waals surface area contributed by atoms with Crippen LogP contribution in [0.5, 0.6) is 0 Å². The average Bonchev–Trinajstić information content (AvgIpc) is 3.29. The number of non-ortho nitro benzene ring substituents is 1. The summed E-state index contributed by atoms with van der Waals surface area (Å²) in [5, 5.41) is 41.4. The van der Waals surface area contributed by atoms with Gasteiger partial charge in [0.1, 0.15) is 37.0 Å². The van der Waals surface area contributed by atoms with Gasteiger partial charge in [0.05, 0.1) is 17.9 Å². The summed E-state index contributed by atoms with van der Waals surface area (Å²) in [6.45, 7) is -0.346. The minimum atomic E-state index is -1.27. The number of hydroxylamine groups is 2. The highest BCUT2D eigenvalue weighted by molar-refractivity contribution is 5.64. The maximum absolute atomic E-state index is 10.7. The molecule has 2 aliphatic heterocycles. The Kier molecular flexibility index (Phi) is 5.46. The van der Waals surface area contributed by atoms with Crippen molar-refractivity contribution in [3.8, 4) is 0 Å². The summed E-state index contributed by atoms with van der Waals surface area (Å²) >= 11 is 0. The third-order valence-electron chi connectivity index (χ3n) is 4.96. The van der Waals surface area contributed by atoms with Crippen LogP contribution in [0.1, 0.15) is 23.7 Å². The second-order valence-electron chi connectivity index (χ2n) is 6.84. The molecule has 160 valence electrons.